The fraction of sp³-hybridized carbons (Fsp3) is 0.286. The number of amides is 2. The maximum Gasteiger partial charge on any atom is 0.261 e. The topological polar surface area (TPSA) is 58.6 Å². The minimum absolute atomic E-state index is 0.0710. The molecule has 3 rings (SSSR count). The average molecular weight is 582 g/mol. The van der Waals surface area contributed by atoms with Crippen molar-refractivity contribution < 1.29 is 14.3 Å². The van der Waals surface area contributed by atoms with Crippen molar-refractivity contribution in [2.75, 3.05) is 6.61 Å². The number of nitrogens with one attached hydrogen (secondary N) is 1. The summed E-state index contributed by atoms with van der Waals surface area (Å²) < 4.78 is 5.74. The molecule has 3 aromatic rings. The summed E-state index contributed by atoms with van der Waals surface area (Å²) in [6.45, 7) is 5.39. The van der Waals surface area contributed by atoms with Crippen LogP contribution >= 0.6 is 46.4 Å². The van der Waals surface area contributed by atoms with Gasteiger partial charge in [-0.05, 0) is 62.2 Å². The van der Waals surface area contributed by atoms with Crippen LogP contribution in [0.5, 0.6) is 5.75 Å². The number of hydrogen-bond acceptors (Lipinski definition) is 3. The van der Waals surface area contributed by atoms with E-state index >= 15 is 0 Å². The lowest BCUT2D eigenvalue weighted by atomic mass is 10.0. The quantitative estimate of drug-likeness (QED) is 0.290. The second-order valence-corrected chi connectivity index (χ2v) is 11.3. The van der Waals surface area contributed by atoms with E-state index in [-0.39, 0.29) is 24.1 Å². The van der Waals surface area contributed by atoms with Crippen molar-refractivity contribution in [3.8, 4) is 5.75 Å². The molecule has 5 nitrogen and oxygen atoms in total. The fourth-order valence-electron chi connectivity index (χ4n) is 3.65. The summed E-state index contributed by atoms with van der Waals surface area (Å²) in [5.74, 6) is -0.399. The molecular formula is C28H28Cl4N2O3. The highest BCUT2D eigenvalue weighted by Crippen LogP contribution is 2.28. The molecule has 0 spiro atoms. The van der Waals surface area contributed by atoms with Crippen LogP contribution in [0, 0.1) is 0 Å². The van der Waals surface area contributed by atoms with Gasteiger partial charge in [0.2, 0.25) is 5.91 Å². The predicted molar refractivity (Wildman–Crippen MR) is 151 cm³/mol. The highest BCUT2D eigenvalue weighted by atomic mass is 35.5. The van der Waals surface area contributed by atoms with Crippen molar-refractivity contribution in [2.45, 2.75) is 45.3 Å². The van der Waals surface area contributed by atoms with Gasteiger partial charge in [0.05, 0.1) is 5.02 Å². The zero-order valence-corrected chi connectivity index (χ0v) is 23.8. The summed E-state index contributed by atoms with van der Waals surface area (Å²) in [6, 6.07) is 18.4. The Labute approximate surface area is 237 Å². The van der Waals surface area contributed by atoms with Gasteiger partial charge in [0.1, 0.15) is 11.8 Å². The van der Waals surface area contributed by atoms with Crippen LogP contribution in [0.15, 0.2) is 66.7 Å². The summed E-state index contributed by atoms with van der Waals surface area (Å²) in [6.07, 6.45) is 0.293. The first-order valence-corrected chi connectivity index (χ1v) is 13.1. The molecule has 9 heteroatoms. The van der Waals surface area contributed by atoms with E-state index in [1.54, 1.807) is 30.3 Å². The number of benzene rings is 3. The highest BCUT2D eigenvalue weighted by molar-refractivity contribution is 6.35. The van der Waals surface area contributed by atoms with Gasteiger partial charge >= 0.3 is 0 Å². The second kappa shape index (κ2) is 12.9. The van der Waals surface area contributed by atoms with Crippen molar-refractivity contribution in [1.29, 1.82) is 0 Å². The van der Waals surface area contributed by atoms with Crippen LogP contribution in [0.4, 0.5) is 0 Å². The molecule has 196 valence electrons. The molecule has 0 bridgehead atoms. The van der Waals surface area contributed by atoms with Crippen molar-refractivity contribution in [3.05, 3.63) is 97.9 Å². The summed E-state index contributed by atoms with van der Waals surface area (Å²) in [7, 11) is 0. The van der Waals surface area contributed by atoms with Gasteiger partial charge in [-0.25, -0.2) is 0 Å². The van der Waals surface area contributed by atoms with Gasteiger partial charge in [0.15, 0.2) is 6.61 Å². The van der Waals surface area contributed by atoms with E-state index in [2.05, 4.69) is 5.32 Å². The van der Waals surface area contributed by atoms with Crippen molar-refractivity contribution >= 4 is 58.2 Å². The number of carbonyl (C=O) groups excluding carboxylic acids is 2. The molecule has 0 aliphatic rings. The Kier molecular flexibility index (Phi) is 10.1. The Morgan fingerprint density at radius 1 is 0.892 bits per heavy atom. The predicted octanol–water partition coefficient (Wildman–Crippen LogP) is 7.23. The molecule has 0 fully saturated rings. The summed E-state index contributed by atoms with van der Waals surface area (Å²) in [5.41, 5.74) is 1.04. The largest absolute Gasteiger partial charge is 0.482 e. The van der Waals surface area contributed by atoms with Crippen LogP contribution in [0.3, 0.4) is 0 Å². The maximum atomic E-state index is 13.7. The maximum absolute atomic E-state index is 13.7. The molecule has 1 unspecified atom stereocenters. The lowest BCUT2D eigenvalue weighted by molar-refractivity contribution is -0.143. The van der Waals surface area contributed by atoms with Crippen LogP contribution in [-0.2, 0) is 22.6 Å². The first-order chi connectivity index (χ1) is 17.4. The third kappa shape index (κ3) is 8.82. The first-order valence-electron chi connectivity index (χ1n) is 11.6. The van der Waals surface area contributed by atoms with Crippen molar-refractivity contribution in [1.82, 2.24) is 10.2 Å². The van der Waals surface area contributed by atoms with Gasteiger partial charge in [-0.1, -0.05) is 82.8 Å². The standard InChI is InChI=1S/C28H28Cl4N2O3/c1-28(2,3)33-27(36)24(13-18-7-5-4-6-8-18)34(16-19-9-10-20(29)14-22(19)31)26(35)17-37-25-12-11-21(30)15-23(25)32/h4-12,14-15,24H,13,16-17H2,1-3H3,(H,33,36). The molecule has 37 heavy (non-hydrogen) atoms. The van der Waals surface area contributed by atoms with E-state index in [9.17, 15) is 9.59 Å². The monoisotopic (exact) mass is 580 g/mol. The van der Waals surface area contributed by atoms with Gasteiger partial charge in [-0.15, -0.1) is 0 Å². The summed E-state index contributed by atoms with van der Waals surface area (Å²) in [5, 5.41) is 4.60. The third-order valence-electron chi connectivity index (χ3n) is 5.37. The van der Waals surface area contributed by atoms with E-state index < -0.39 is 17.5 Å². The average Bonchev–Trinajstić information content (AvgIpc) is 2.81. The lowest BCUT2D eigenvalue weighted by Crippen LogP contribution is -2.55. The van der Waals surface area contributed by atoms with Crippen LogP contribution in [0.1, 0.15) is 31.9 Å². The minimum Gasteiger partial charge on any atom is -0.482 e. The second-order valence-electron chi connectivity index (χ2n) is 9.57. The van der Waals surface area contributed by atoms with Crippen LogP contribution < -0.4 is 10.1 Å². The lowest BCUT2D eigenvalue weighted by Gasteiger charge is -2.34. The van der Waals surface area contributed by atoms with E-state index in [1.165, 1.54) is 11.0 Å². The van der Waals surface area contributed by atoms with Gasteiger partial charge < -0.3 is 15.0 Å². The van der Waals surface area contributed by atoms with Gasteiger partial charge in [-0.3, -0.25) is 9.59 Å². The Bertz CT molecular complexity index is 1250. The fourth-order valence-corrected chi connectivity index (χ4v) is 4.59. The zero-order chi connectivity index (χ0) is 27.2. The molecule has 0 aliphatic carbocycles. The molecule has 1 atom stereocenters. The summed E-state index contributed by atoms with van der Waals surface area (Å²) in [4.78, 5) is 28.7. The van der Waals surface area contributed by atoms with Crippen molar-refractivity contribution in [3.63, 3.8) is 0 Å². The van der Waals surface area contributed by atoms with E-state index in [0.717, 1.165) is 5.56 Å². The molecular weight excluding hydrogens is 554 g/mol. The number of ether oxygens (including phenoxy) is 1. The molecule has 3 aromatic carbocycles. The number of carbonyl (C=O) groups is 2. The smallest absolute Gasteiger partial charge is 0.261 e. The minimum atomic E-state index is -0.842. The van der Waals surface area contributed by atoms with Crippen LogP contribution in [-0.4, -0.2) is 34.9 Å². The number of halogens is 4. The number of nitrogens with zero attached hydrogens (tertiary/aromatic N) is 1. The number of hydrogen-bond donors (Lipinski definition) is 1. The van der Waals surface area contributed by atoms with Crippen LogP contribution in [0.25, 0.3) is 0 Å². The molecule has 0 saturated heterocycles. The Balaban J connectivity index is 1.97. The third-order valence-corrected chi connectivity index (χ3v) is 6.49. The van der Waals surface area contributed by atoms with E-state index in [0.29, 0.717) is 32.8 Å². The van der Waals surface area contributed by atoms with E-state index in [1.807, 2.05) is 51.1 Å². The van der Waals surface area contributed by atoms with Gasteiger partial charge in [0.25, 0.3) is 5.91 Å². The van der Waals surface area contributed by atoms with E-state index in [4.69, 9.17) is 51.1 Å². The normalized spacial score (nSPS) is 12.1. The molecule has 2 amide bonds. The summed E-state index contributed by atoms with van der Waals surface area (Å²) >= 11 is 24.7. The molecule has 1 N–H and O–H groups in total. The zero-order valence-electron chi connectivity index (χ0n) is 20.7. The first kappa shape index (κ1) is 29.1. The molecule has 0 heterocycles. The molecule has 0 saturated carbocycles. The Morgan fingerprint density at radius 2 is 1.51 bits per heavy atom. The van der Waals surface area contributed by atoms with Gasteiger partial charge in [0, 0.05) is 33.6 Å². The Hall–Kier alpha value is -2.44. The van der Waals surface area contributed by atoms with Crippen LogP contribution in [0.2, 0.25) is 20.1 Å². The molecule has 0 aliphatic heterocycles. The highest BCUT2D eigenvalue weighted by Gasteiger charge is 2.33. The molecule has 0 aromatic heterocycles. The van der Waals surface area contributed by atoms with Crippen molar-refractivity contribution in [2.24, 2.45) is 0 Å². The number of rotatable bonds is 9. The SMILES string of the molecule is CC(C)(C)NC(=O)C(Cc1ccccc1)N(Cc1ccc(Cl)cc1Cl)C(=O)COc1ccc(Cl)cc1Cl. The Morgan fingerprint density at radius 3 is 2.11 bits per heavy atom. The van der Waals surface area contributed by atoms with Gasteiger partial charge in [-0.2, -0.15) is 0 Å². The molecule has 0 radical (unpaired) electrons.